The van der Waals surface area contributed by atoms with Crippen LogP contribution in [0.4, 0.5) is 13.2 Å². The van der Waals surface area contributed by atoms with Crippen LogP contribution < -0.4 is 5.73 Å². The number of halogens is 3. The molecular formula is C14H17F3N2O. The number of carbonyl (C=O) groups excluding carboxylic acids is 1. The summed E-state index contributed by atoms with van der Waals surface area (Å²) in [6.45, 7) is 4.56. The highest BCUT2D eigenvalue weighted by atomic mass is 19.2. The first kappa shape index (κ1) is 14.8. The summed E-state index contributed by atoms with van der Waals surface area (Å²) in [5, 5.41) is 0. The molecule has 6 heteroatoms. The Morgan fingerprint density at radius 3 is 2.55 bits per heavy atom. The van der Waals surface area contributed by atoms with Crippen LogP contribution in [0.3, 0.4) is 0 Å². The van der Waals surface area contributed by atoms with E-state index in [1.807, 2.05) is 13.8 Å². The highest BCUT2D eigenvalue weighted by molar-refractivity contribution is 5.94. The summed E-state index contributed by atoms with van der Waals surface area (Å²) in [4.78, 5) is 13.7. The largest absolute Gasteiger partial charge is 0.338 e. The summed E-state index contributed by atoms with van der Waals surface area (Å²) in [7, 11) is 0. The van der Waals surface area contributed by atoms with Gasteiger partial charge in [0, 0.05) is 19.1 Å². The second-order valence-electron chi connectivity index (χ2n) is 5.83. The fraction of sp³-hybridized carbons (Fsp3) is 0.500. The molecule has 0 saturated carbocycles. The van der Waals surface area contributed by atoms with Gasteiger partial charge >= 0.3 is 0 Å². The molecule has 0 aliphatic carbocycles. The lowest BCUT2D eigenvalue weighted by Crippen LogP contribution is -2.54. The number of amides is 1. The van der Waals surface area contributed by atoms with Crippen LogP contribution in [0, 0.1) is 22.9 Å². The fourth-order valence-corrected chi connectivity index (χ4v) is 2.41. The second-order valence-corrected chi connectivity index (χ2v) is 5.83. The van der Waals surface area contributed by atoms with Crippen LogP contribution in [0.2, 0.25) is 0 Å². The third kappa shape index (κ3) is 2.52. The lowest BCUT2D eigenvalue weighted by atomic mass is 9.79. The average Bonchev–Trinajstić information content (AvgIpc) is 2.38. The Hall–Kier alpha value is -1.56. The molecule has 1 saturated heterocycles. The van der Waals surface area contributed by atoms with Gasteiger partial charge in [-0.15, -0.1) is 0 Å². The molecule has 1 aliphatic heterocycles. The van der Waals surface area contributed by atoms with Crippen molar-refractivity contribution in [2.45, 2.75) is 26.3 Å². The van der Waals surface area contributed by atoms with Gasteiger partial charge in [0.2, 0.25) is 0 Å². The van der Waals surface area contributed by atoms with Crippen molar-refractivity contribution in [3.63, 3.8) is 0 Å². The molecule has 1 aromatic rings. The average molecular weight is 286 g/mol. The zero-order valence-corrected chi connectivity index (χ0v) is 11.4. The minimum Gasteiger partial charge on any atom is -0.338 e. The minimum atomic E-state index is -1.62. The van der Waals surface area contributed by atoms with Gasteiger partial charge in [0.05, 0.1) is 5.56 Å². The van der Waals surface area contributed by atoms with E-state index in [1.54, 1.807) is 0 Å². The maximum absolute atomic E-state index is 13.6. The van der Waals surface area contributed by atoms with Crippen molar-refractivity contribution in [3.05, 3.63) is 35.1 Å². The first-order valence-electron chi connectivity index (χ1n) is 6.42. The molecule has 1 amide bonds. The molecule has 1 unspecified atom stereocenters. The smallest absolute Gasteiger partial charge is 0.256 e. The van der Waals surface area contributed by atoms with Crippen LogP contribution in [0.1, 0.15) is 30.6 Å². The summed E-state index contributed by atoms with van der Waals surface area (Å²) in [6, 6.07) is 1.67. The molecule has 1 aliphatic rings. The van der Waals surface area contributed by atoms with Crippen LogP contribution in [-0.4, -0.2) is 29.9 Å². The van der Waals surface area contributed by atoms with E-state index in [1.165, 1.54) is 4.90 Å². The van der Waals surface area contributed by atoms with Crippen molar-refractivity contribution >= 4 is 5.91 Å². The Bertz CT molecular complexity index is 545. The second kappa shape index (κ2) is 5.09. The number of likely N-dealkylation sites (tertiary alicyclic amines) is 1. The number of hydrogen-bond donors (Lipinski definition) is 1. The highest BCUT2D eigenvalue weighted by Crippen LogP contribution is 2.29. The monoisotopic (exact) mass is 286 g/mol. The van der Waals surface area contributed by atoms with Gasteiger partial charge in [0.15, 0.2) is 17.5 Å². The number of benzene rings is 1. The van der Waals surface area contributed by atoms with Gasteiger partial charge in [-0.2, -0.15) is 0 Å². The van der Waals surface area contributed by atoms with E-state index in [0.717, 1.165) is 12.1 Å². The fourth-order valence-electron chi connectivity index (χ4n) is 2.41. The third-order valence-corrected chi connectivity index (χ3v) is 3.86. The van der Waals surface area contributed by atoms with Crippen molar-refractivity contribution in [2.24, 2.45) is 11.1 Å². The number of rotatable bonds is 1. The topological polar surface area (TPSA) is 46.3 Å². The van der Waals surface area contributed by atoms with E-state index in [2.05, 4.69) is 0 Å². The predicted molar refractivity (Wildman–Crippen MR) is 68.6 cm³/mol. The van der Waals surface area contributed by atoms with Crippen molar-refractivity contribution in [3.8, 4) is 0 Å². The minimum absolute atomic E-state index is 0.0543. The van der Waals surface area contributed by atoms with Crippen LogP contribution in [0.5, 0.6) is 0 Å². The first-order valence-corrected chi connectivity index (χ1v) is 6.42. The van der Waals surface area contributed by atoms with Crippen molar-refractivity contribution in [1.82, 2.24) is 4.90 Å². The molecule has 110 valence electrons. The molecule has 0 bridgehead atoms. The molecule has 1 aromatic carbocycles. The van der Waals surface area contributed by atoms with E-state index in [0.29, 0.717) is 19.5 Å². The summed E-state index contributed by atoms with van der Waals surface area (Å²) >= 11 is 0. The lowest BCUT2D eigenvalue weighted by molar-refractivity contribution is 0.0527. The van der Waals surface area contributed by atoms with Crippen molar-refractivity contribution in [1.29, 1.82) is 0 Å². The number of hydrogen-bond acceptors (Lipinski definition) is 2. The van der Waals surface area contributed by atoms with E-state index in [9.17, 15) is 18.0 Å². The summed E-state index contributed by atoms with van der Waals surface area (Å²) < 4.78 is 39.7. The van der Waals surface area contributed by atoms with Crippen LogP contribution in [-0.2, 0) is 0 Å². The standard InChI is InChI=1S/C14H17F3N2O/c1-14(2)7-19(6-5-10(14)18)13(20)8-3-4-9(15)12(17)11(8)16/h3-4,10H,5-7,18H2,1-2H3. The first-order chi connectivity index (χ1) is 9.24. The zero-order chi connectivity index (χ0) is 15.1. The zero-order valence-electron chi connectivity index (χ0n) is 11.4. The molecule has 3 nitrogen and oxygen atoms in total. The molecule has 1 atom stereocenters. The Labute approximate surface area is 115 Å². The Kier molecular flexibility index (Phi) is 3.77. The Balaban J connectivity index is 2.27. The third-order valence-electron chi connectivity index (χ3n) is 3.86. The summed E-state index contributed by atoms with van der Waals surface area (Å²) in [6.07, 6.45) is 0.587. The van der Waals surface area contributed by atoms with Crippen molar-refractivity contribution < 1.29 is 18.0 Å². The van der Waals surface area contributed by atoms with Gasteiger partial charge in [-0.3, -0.25) is 4.79 Å². The number of nitrogens with zero attached hydrogens (tertiary/aromatic N) is 1. The molecule has 2 N–H and O–H groups in total. The molecule has 2 rings (SSSR count). The van der Waals surface area contributed by atoms with Gasteiger partial charge < -0.3 is 10.6 Å². The van der Waals surface area contributed by atoms with Gasteiger partial charge in [0.25, 0.3) is 5.91 Å². The van der Waals surface area contributed by atoms with Crippen LogP contribution in [0.25, 0.3) is 0 Å². The maximum atomic E-state index is 13.6. The number of carbonyl (C=O) groups is 1. The maximum Gasteiger partial charge on any atom is 0.256 e. The van der Waals surface area contributed by atoms with Crippen LogP contribution >= 0.6 is 0 Å². The molecule has 20 heavy (non-hydrogen) atoms. The number of piperidine rings is 1. The molecule has 0 spiro atoms. The Morgan fingerprint density at radius 1 is 1.30 bits per heavy atom. The van der Waals surface area contributed by atoms with Gasteiger partial charge in [-0.05, 0) is 24.0 Å². The van der Waals surface area contributed by atoms with Crippen LogP contribution in [0.15, 0.2) is 12.1 Å². The van der Waals surface area contributed by atoms with E-state index in [4.69, 9.17) is 5.73 Å². The lowest BCUT2D eigenvalue weighted by Gasteiger charge is -2.42. The Morgan fingerprint density at radius 2 is 1.95 bits per heavy atom. The quantitative estimate of drug-likeness (QED) is 0.805. The summed E-state index contributed by atoms with van der Waals surface area (Å²) in [5.74, 6) is -5.01. The molecular weight excluding hydrogens is 269 g/mol. The van der Waals surface area contributed by atoms with Gasteiger partial charge in [-0.25, -0.2) is 13.2 Å². The van der Waals surface area contributed by atoms with E-state index < -0.39 is 28.9 Å². The van der Waals surface area contributed by atoms with Crippen molar-refractivity contribution in [2.75, 3.05) is 13.1 Å². The number of nitrogens with two attached hydrogens (primary N) is 1. The van der Waals surface area contributed by atoms with Gasteiger partial charge in [-0.1, -0.05) is 13.8 Å². The predicted octanol–water partition coefficient (Wildman–Crippen LogP) is 2.30. The molecule has 0 radical (unpaired) electrons. The normalized spacial score (nSPS) is 21.9. The molecule has 1 heterocycles. The highest BCUT2D eigenvalue weighted by Gasteiger charge is 2.36. The molecule has 0 aromatic heterocycles. The SMILES string of the molecule is CC1(C)CN(C(=O)c2ccc(F)c(F)c2F)CCC1N. The van der Waals surface area contributed by atoms with E-state index >= 15 is 0 Å². The van der Waals surface area contributed by atoms with E-state index in [-0.39, 0.29) is 11.5 Å². The van der Waals surface area contributed by atoms with Gasteiger partial charge in [0.1, 0.15) is 0 Å². The summed E-state index contributed by atoms with van der Waals surface area (Å²) in [5.41, 5.74) is 5.21. The molecule has 1 fully saturated rings.